The molecule has 6 nitrogen and oxygen atoms in total. The Morgan fingerprint density at radius 3 is 2.43 bits per heavy atom. The number of carboxylic acids is 1. The first-order valence-electron chi connectivity index (χ1n) is 6.81. The normalized spacial score (nSPS) is 13.6. The molecule has 0 saturated heterocycles. The maximum Gasteiger partial charge on any atom is 0.340 e. The largest absolute Gasteiger partial charge is 0.478 e. The van der Waals surface area contributed by atoms with Crippen LogP contribution in [0.1, 0.15) is 49.1 Å². The summed E-state index contributed by atoms with van der Waals surface area (Å²) in [5.41, 5.74) is 0.473. The van der Waals surface area contributed by atoms with Gasteiger partial charge in [0.25, 0.3) is 0 Å². The number of carbonyl (C=O) groups excluding carboxylic acids is 1. The Bertz CT molecular complexity index is 549. The minimum atomic E-state index is -1.08. The van der Waals surface area contributed by atoms with Crippen molar-refractivity contribution in [1.29, 1.82) is 0 Å². The predicted octanol–water partition coefficient (Wildman–Crippen LogP) is 2.19. The zero-order valence-electron chi connectivity index (χ0n) is 12.9. The molecule has 0 aliphatic heterocycles. The van der Waals surface area contributed by atoms with Crippen molar-refractivity contribution in [3.05, 3.63) is 17.1 Å². The molecule has 2 N–H and O–H groups in total. The third kappa shape index (κ3) is 4.70. The monoisotopic (exact) mass is 311 g/mol. The van der Waals surface area contributed by atoms with E-state index in [0.29, 0.717) is 16.5 Å². The molecule has 0 bridgehead atoms. The van der Waals surface area contributed by atoms with Crippen LogP contribution in [0.4, 0.5) is 0 Å². The van der Waals surface area contributed by atoms with E-state index in [1.807, 2.05) is 13.8 Å². The third-order valence-electron chi connectivity index (χ3n) is 3.04. The minimum Gasteiger partial charge on any atom is -0.478 e. The van der Waals surface area contributed by atoms with Gasteiger partial charge in [-0.1, -0.05) is 18.7 Å². The van der Waals surface area contributed by atoms with Gasteiger partial charge in [-0.15, -0.1) is 0 Å². The number of thioether (sulfide) groups is 1. The first-order valence-corrected chi connectivity index (χ1v) is 7.69. The first kappa shape index (κ1) is 17.4. The Kier molecular flexibility index (Phi) is 6.14. The molecule has 116 valence electrons. The smallest absolute Gasteiger partial charge is 0.340 e. The summed E-state index contributed by atoms with van der Waals surface area (Å²) in [5.74, 6) is -0.710. The summed E-state index contributed by atoms with van der Waals surface area (Å²) in [6, 6.07) is 0.0911. The standard InChI is InChI=1S/C14H21N3O3S/c1-6-7(2)15-12(18)9(4)21-13-11(14(19)20)8(3)16-10(5)17-13/h7,9H,6H2,1-5H3,(H,15,18)(H,19,20). The Hall–Kier alpha value is -1.63. The highest BCUT2D eigenvalue weighted by Gasteiger charge is 2.23. The summed E-state index contributed by atoms with van der Waals surface area (Å²) in [5, 5.41) is 12.1. The summed E-state index contributed by atoms with van der Waals surface area (Å²) < 4.78 is 0. The van der Waals surface area contributed by atoms with Gasteiger partial charge in [0.05, 0.1) is 10.9 Å². The highest BCUT2D eigenvalue weighted by molar-refractivity contribution is 8.00. The number of nitrogens with zero attached hydrogens (tertiary/aromatic N) is 2. The molecular formula is C14H21N3O3S. The van der Waals surface area contributed by atoms with E-state index in [0.717, 1.165) is 18.2 Å². The van der Waals surface area contributed by atoms with Crippen molar-refractivity contribution >= 4 is 23.6 Å². The summed E-state index contributed by atoms with van der Waals surface area (Å²) in [6.45, 7) is 8.98. The zero-order chi connectivity index (χ0) is 16.2. The minimum absolute atomic E-state index is 0.0637. The average molecular weight is 311 g/mol. The molecule has 21 heavy (non-hydrogen) atoms. The van der Waals surface area contributed by atoms with Crippen LogP contribution in [0.5, 0.6) is 0 Å². The SMILES string of the molecule is CCC(C)NC(=O)C(C)Sc1nc(C)nc(C)c1C(=O)O. The van der Waals surface area contributed by atoms with Gasteiger partial charge in [0.2, 0.25) is 5.91 Å². The molecule has 0 fully saturated rings. The molecule has 0 spiro atoms. The van der Waals surface area contributed by atoms with Crippen LogP contribution in [0.25, 0.3) is 0 Å². The van der Waals surface area contributed by atoms with E-state index in [2.05, 4.69) is 15.3 Å². The number of nitrogens with one attached hydrogen (secondary N) is 1. The number of aromatic nitrogens is 2. The van der Waals surface area contributed by atoms with Crippen molar-refractivity contribution in [1.82, 2.24) is 15.3 Å². The number of carbonyl (C=O) groups is 2. The topological polar surface area (TPSA) is 92.2 Å². The molecule has 1 rings (SSSR count). The number of carboxylic acid groups (broad SMARTS) is 1. The fraction of sp³-hybridized carbons (Fsp3) is 0.571. The molecular weight excluding hydrogens is 290 g/mol. The lowest BCUT2D eigenvalue weighted by Gasteiger charge is -2.17. The molecule has 1 heterocycles. The Balaban J connectivity index is 2.97. The van der Waals surface area contributed by atoms with Crippen molar-refractivity contribution in [3.8, 4) is 0 Å². The number of amides is 1. The van der Waals surface area contributed by atoms with Crippen LogP contribution < -0.4 is 5.32 Å². The van der Waals surface area contributed by atoms with E-state index >= 15 is 0 Å². The molecule has 0 aromatic carbocycles. The van der Waals surface area contributed by atoms with Crippen LogP contribution in [0, 0.1) is 13.8 Å². The van der Waals surface area contributed by atoms with Gasteiger partial charge in [0.1, 0.15) is 16.4 Å². The lowest BCUT2D eigenvalue weighted by Crippen LogP contribution is -2.37. The molecule has 0 saturated carbocycles. The van der Waals surface area contributed by atoms with Crippen LogP contribution in [0.3, 0.4) is 0 Å². The Labute approximate surface area is 128 Å². The van der Waals surface area contributed by atoms with Crippen molar-refractivity contribution in [2.45, 2.75) is 57.4 Å². The number of aryl methyl sites for hydroxylation is 2. The summed E-state index contributed by atoms with van der Waals surface area (Å²) in [7, 11) is 0. The molecule has 1 aromatic heterocycles. The lowest BCUT2D eigenvalue weighted by atomic mass is 10.2. The average Bonchev–Trinajstić information content (AvgIpc) is 2.36. The second kappa shape index (κ2) is 7.40. The maximum absolute atomic E-state index is 12.0. The zero-order valence-corrected chi connectivity index (χ0v) is 13.7. The Morgan fingerprint density at radius 2 is 1.90 bits per heavy atom. The summed E-state index contributed by atoms with van der Waals surface area (Å²) in [6.07, 6.45) is 0.842. The van der Waals surface area contributed by atoms with Crippen molar-refractivity contribution in [2.24, 2.45) is 0 Å². The van der Waals surface area contributed by atoms with Crippen molar-refractivity contribution in [3.63, 3.8) is 0 Å². The van der Waals surface area contributed by atoms with Gasteiger partial charge >= 0.3 is 5.97 Å². The second-order valence-electron chi connectivity index (χ2n) is 4.92. The number of rotatable bonds is 6. The fourth-order valence-corrected chi connectivity index (χ4v) is 2.74. The van der Waals surface area contributed by atoms with Gasteiger partial charge in [-0.25, -0.2) is 14.8 Å². The predicted molar refractivity (Wildman–Crippen MR) is 81.7 cm³/mol. The molecule has 0 aliphatic carbocycles. The van der Waals surface area contributed by atoms with E-state index in [-0.39, 0.29) is 17.5 Å². The maximum atomic E-state index is 12.0. The summed E-state index contributed by atoms with van der Waals surface area (Å²) in [4.78, 5) is 31.6. The molecule has 1 amide bonds. The van der Waals surface area contributed by atoms with E-state index in [1.165, 1.54) is 0 Å². The van der Waals surface area contributed by atoms with Crippen LogP contribution in [-0.2, 0) is 4.79 Å². The van der Waals surface area contributed by atoms with E-state index < -0.39 is 11.2 Å². The van der Waals surface area contributed by atoms with Crippen LogP contribution in [0.2, 0.25) is 0 Å². The molecule has 0 radical (unpaired) electrons. The number of hydrogen-bond acceptors (Lipinski definition) is 5. The lowest BCUT2D eigenvalue weighted by molar-refractivity contribution is -0.120. The summed E-state index contributed by atoms with van der Waals surface area (Å²) >= 11 is 1.14. The third-order valence-corrected chi connectivity index (χ3v) is 4.13. The highest BCUT2D eigenvalue weighted by atomic mass is 32.2. The molecule has 7 heteroatoms. The van der Waals surface area contributed by atoms with E-state index in [1.54, 1.807) is 20.8 Å². The van der Waals surface area contributed by atoms with E-state index in [4.69, 9.17) is 0 Å². The van der Waals surface area contributed by atoms with Gasteiger partial charge in [-0.2, -0.15) is 0 Å². The number of hydrogen-bond donors (Lipinski definition) is 2. The van der Waals surface area contributed by atoms with Crippen molar-refractivity contribution in [2.75, 3.05) is 0 Å². The van der Waals surface area contributed by atoms with Gasteiger partial charge in [0, 0.05) is 6.04 Å². The highest BCUT2D eigenvalue weighted by Crippen LogP contribution is 2.27. The van der Waals surface area contributed by atoms with Crippen LogP contribution in [-0.4, -0.2) is 38.2 Å². The van der Waals surface area contributed by atoms with E-state index in [9.17, 15) is 14.7 Å². The molecule has 2 unspecified atom stereocenters. The van der Waals surface area contributed by atoms with Gasteiger partial charge in [0.15, 0.2) is 0 Å². The van der Waals surface area contributed by atoms with Gasteiger partial charge in [-0.3, -0.25) is 4.79 Å². The van der Waals surface area contributed by atoms with Gasteiger partial charge in [-0.05, 0) is 34.1 Å². The quantitative estimate of drug-likeness (QED) is 0.618. The molecule has 0 aliphatic rings. The first-order chi connectivity index (χ1) is 9.76. The van der Waals surface area contributed by atoms with Crippen molar-refractivity contribution < 1.29 is 14.7 Å². The molecule has 1 aromatic rings. The Morgan fingerprint density at radius 1 is 1.29 bits per heavy atom. The van der Waals surface area contributed by atoms with Gasteiger partial charge < -0.3 is 10.4 Å². The number of aromatic carboxylic acids is 1. The van der Waals surface area contributed by atoms with Crippen LogP contribution in [0.15, 0.2) is 5.03 Å². The second-order valence-corrected chi connectivity index (χ2v) is 6.25. The van der Waals surface area contributed by atoms with Crippen LogP contribution >= 0.6 is 11.8 Å². The fourth-order valence-electron chi connectivity index (χ4n) is 1.70. The molecule has 2 atom stereocenters.